The molecule has 1 aromatic carbocycles. The van der Waals surface area contributed by atoms with E-state index in [1.54, 1.807) is 0 Å². The Morgan fingerprint density at radius 3 is 2.63 bits per heavy atom. The van der Waals surface area contributed by atoms with Crippen molar-refractivity contribution in [3.05, 3.63) is 44.5 Å². The normalized spacial score (nSPS) is 11.4. The van der Waals surface area contributed by atoms with Crippen LogP contribution in [0.15, 0.2) is 24.3 Å². The summed E-state index contributed by atoms with van der Waals surface area (Å²) < 4.78 is 7.53. The van der Waals surface area contributed by atoms with Crippen molar-refractivity contribution in [2.45, 2.75) is 65.1 Å². The van der Waals surface area contributed by atoms with Crippen LogP contribution in [0.5, 0.6) is 0 Å². The molecule has 1 amide bonds. The number of hydrogen-bond donors (Lipinski definition) is 2. The van der Waals surface area contributed by atoms with Crippen molar-refractivity contribution in [2.24, 2.45) is 0 Å². The van der Waals surface area contributed by atoms with E-state index in [2.05, 4.69) is 21.6 Å². The van der Waals surface area contributed by atoms with Crippen LogP contribution in [0.3, 0.4) is 0 Å². The second-order valence-corrected chi connectivity index (χ2v) is 9.89. The fraction of sp³-hybridized carbons (Fsp3) is 0.550. The molecule has 0 bridgehead atoms. The number of alkyl carbamates (subject to hydrolysis) is 1. The summed E-state index contributed by atoms with van der Waals surface area (Å²) in [6.45, 7) is 6.27. The van der Waals surface area contributed by atoms with Gasteiger partial charge in [-0.05, 0) is 0 Å². The minimum atomic E-state index is -0.454. The van der Waals surface area contributed by atoms with Crippen molar-refractivity contribution in [1.82, 2.24) is 15.5 Å². The molecule has 0 unspecified atom stereocenters. The van der Waals surface area contributed by atoms with Crippen LogP contribution in [0.2, 0.25) is 0 Å². The molecule has 0 spiro atoms. The molecule has 0 saturated heterocycles. The van der Waals surface area contributed by atoms with Crippen LogP contribution >= 0.6 is 0 Å². The number of unbranched alkanes of at least 4 members (excludes halogenated alkanes) is 2. The van der Waals surface area contributed by atoms with E-state index in [4.69, 9.17) is 4.74 Å². The molecule has 6 nitrogen and oxygen atoms in total. The second-order valence-electron chi connectivity index (χ2n) is 7.48. The third-order valence-electron chi connectivity index (χ3n) is 3.77. The van der Waals surface area contributed by atoms with Crippen LogP contribution in [0.1, 0.15) is 60.3 Å². The Morgan fingerprint density at radius 2 is 1.89 bits per heavy atom. The first kappa shape index (κ1) is 21.6. The van der Waals surface area contributed by atoms with Crippen LogP contribution in [0, 0.1) is 0 Å². The molecule has 1 aromatic heterocycles. The number of aliphatic hydroxyl groups is 1. The number of aryl methyl sites for hydroxylation is 1. The van der Waals surface area contributed by atoms with Gasteiger partial charge in [-0.2, -0.15) is 0 Å². The first-order valence-electron chi connectivity index (χ1n) is 9.32. The molecule has 2 N–H and O–H groups in total. The second kappa shape index (κ2) is 10.6. The van der Waals surface area contributed by atoms with Crippen molar-refractivity contribution >= 4 is 20.6 Å². The quantitative estimate of drug-likeness (QED) is 0.465. The van der Waals surface area contributed by atoms with Crippen molar-refractivity contribution < 1.29 is 14.6 Å². The molecule has 7 heteroatoms. The van der Waals surface area contributed by atoms with Crippen LogP contribution in [0.4, 0.5) is 4.79 Å². The van der Waals surface area contributed by atoms with Crippen LogP contribution < -0.4 is 5.32 Å². The number of carbonyl (C=O) groups is 1. The average molecular weight is 438 g/mol. The summed E-state index contributed by atoms with van der Waals surface area (Å²) in [5.41, 5.74) is 1.65. The summed E-state index contributed by atoms with van der Waals surface area (Å²) in [7, 11) is 0. The zero-order valence-electron chi connectivity index (χ0n) is 16.3. The van der Waals surface area contributed by atoms with Gasteiger partial charge in [0.05, 0.1) is 0 Å². The summed E-state index contributed by atoms with van der Waals surface area (Å²) in [6.07, 6.45) is 4.45. The maximum atomic E-state index is 11.5. The zero-order valence-corrected chi connectivity index (χ0v) is 18.0. The number of ether oxygens (including phenoxy) is 1. The van der Waals surface area contributed by atoms with Gasteiger partial charge >= 0.3 is 167 Å². The van der Waals surface area contributed by atoms with Crippen LogP contribution in [-0.2, 0) is 24.2 Å². The Bertz CT molecular complexity index is 725. The van der Waals surface area contributed by atoms with Gasteiger partial charge in [0.15, 0.2) is 0 Å². The molecule has 0 saturated carbocycles. The van der Waals surface area contributed by atoms with Gasteiger partial charge in [0.25, 0.3) is 0 Å². The molecule has 0 aliphatic heterocycles. The molecule has 2 rings (SSSR count). The van der Waals surface area contributed by atoms with Gasteiger partial charge in [-0.3, -0.25) is 0 Å². The molecular weight excluding hydrogens is 409 g/mol. The van der Waals surface area contributed by atoms with Gasteiger partial charge < -0.3 is 0 Å². The molecule has 1 heterocycles. The first-order valence-corrected chi connectivity index (χ1v) is 11.0. The van der Waals surface area contributed by atoms with Crippen molar-refractivity contribution in [2.75, 3.05) is 6.54 Å². The Labute approximate surface area is 167 Å². The monoisotopic (exact) mass is 439 g/mol. The van der Waals surface area contributed by atoms with Crippen molar-refractivity contribution in [3.63, 3.8) is 0 Å². The van der Waals surface area contributed by atoms with E-state index < -0.39 is 5.60 Å². The van der Waals surface area contributed by atoms with Gasteiger partial charge in [0, 0.05) is 0 Å². The maximum absolute atomic E-state index is 11.5. The predicted molar refractivity (Wildman–Crippen MR) is 106 cm³/mol. The third kappa shape index (κ3) is 8.69. The van der Waals surface area contributed by atoms with E-state index >= 15 is 0 Å². The van der Waals surface area contributed by atoms with Crippen LogP contribution in [-0.4, -0.2) is 48.0 Å². The predicted octanol–water partition coefficient (Wildman–Crippen LogP) is 2.85. The molecule has 0 radical (unpaired) electrons. The number of hydrogen-bond acceptors (Lipinski definition) is 5. The molecule has 0 fully saturated rings. The minimum absolute atomic E-state index is 0.0655. The van der Waals surface area contributed by atoms with Gasteiger partial charge in [0.1, 0.15) is 0 Å². The molecule has 148 valence electrons. The Kier molecular flexibility index (Phi) is 8.48. The van der Waals surface area contributed by atoms with E-state index in [9.17, 15) is 9.90 Å². The Hall–Kier alpha value is -1.69. The SMILES string of the molecule is CC(C)(C)OC(=O)NCCCCCc1nnc(Cc2cccc(CO)c2)[se]1. The molecule has 27 heavy (non-hydrogen) atoms. The van der Waals surface area contributed by atoms with Gasteiger partial charge in [-0.1, -0.05) is 0 Å². The number of rotatable bonds is 9. The van der Waals surface area contributed by atoms with E-state index in [0.717, 1.165) is 42.2 Å². The standard InChI is InChI=1S/C20H29N3O3Se/c1-20(2,3)26-19(25)21-11-6-4-5-10-17-22-23-18(27-17)13-15-8-7-9-16(12-15)14-24/h7-9,12,24H,4-6,10-11,13-14H2,1-3H3,(H,21,25). The molecule has 0 aliphatic rings. The molecule has 0 atom stereocenters. The number of aromatic nitrogens is 2. The fourth-order valence-corrected chi connectivity index (χ4v) is 4.49. The Balaban J connectivity index is 1.64. The number of benzene rings is 1. The first-order chi connectivity index (χ1) is 12.9. The molecule has 2 aromatic rings. The fourth-order valence-electron chi connectivity index (χ4n) is 2.56. The van der Waals surface area contributed by atoms with Gasteiger partial charge in [-0.15, -0.1) is 0 Å². The zero-order chi connectivity index (χ0) is 19.7. The summed E-state index contributed by atoms with van der Waals surface area (Å²) in [5.74, 6) is 0. The third-order valence-corrected chi connectivity index (χ3v) is 5.84. The number of nitrogens with zero attached hydrogens (tertiary/aromatic N) is 2. The van der Waals surface area contributed by atoms with Crippen LogP contribution in [0.25, 0.3) is 0 Å². The number of aliphatic hydroxyl groups excluding tert-OH is 1. The Morgan fingerprint density at radius 1 is 1.15 bits per heavy atom. The number of nitrogens with one attached hydrogen (secondary N) is 1. The number of amides is 1. The summed E-state index contributed by atoms with van der Waals surface area (Å²) in [4.78, 5) is 11.5. The summed E-state index contributed by atoms with van der Waals surface area (Å²) in [6, 6.07) is 7.98. The molecular formula is C20H29N3O3Se. The number of carbonyl (C=O) groups excluding carboxylic acids is 1. The van der Waals surface area contributed by atoms with Crippen molar-refractivity contribution in [1.29, 1.82) is 0 Å². The topological polar surface area (TPSA) is 84.3 Å². The average Bonchev–Trinajstić information content (AvgIpc) is 3.04. The summed E-state index contributed by atoms with van der Waals surface area (Å²) in [5, 5.41) is 20.7. The van der Waals surface area contributed by atoms with E-state index in [0.29, 0.717) is 6.54 Å². The van der Waals surface area contributed by atoms with E-state index in [1.807, 2.05) is 39.0 Å². The van der Waals surface area contributed by atoms with Gasteiger partial charge in [-0.25, -0.2) is 0 Å². The summed E-state index contributed by atoms with van der Waals surface area (Å²) >= 11 is 0.226. The molecule has 0 aliphatic carbocycles. The van der Waals surface area contributed by atoms with Gasteiger partial charge in [0.2, 0.25) is 0 Å². The van der Waals surface area contributed by atoms with E-state index in [-0.39, 0.29) is 27.2 Å². The van der Waals surface area contributed by atoms with Crippen molar-refractivity contribution in [3.8, 4) is 0 Å². The van der Waals surface area contributed by atoms with E-state index in [1.165, 1.54) is 10.1 Å².